The summed E-state index contributed by atoms with van der Waals surface area (Å²) < 4.78 is 28.1. The lowest BCUT2D eigenvalue weighted by Gasteiger charge is -2.08. The molecular weight excluding hydrogens is 348 g/mol. The van der Waals surface area contributed by atoms with Crippen molar-refractivity contribution in [3.63, 3.8) is 0 Å². The van der Waals surface area contributed by atoms with Crippen LogP contribution in [0.2, 0.25) is 0 Å². The van der Waals surface area contributed by atoms with Crippen molar-refractivity contribution in [2.45, 2.75) is 11.4 Å². The van der Waals surface area contributed by atoms with Crippen LogP contribution in [0.15, 0.2) is 45.1 Å². The first-order valence-electron chi connectivity index (χ1n) is 5.52. The molecule has 2 rings (SSSR count). The lowest BCUT2D eigenvalue weighted by Crippen LogP contribution is -2.15. The third-order valence-corrected chi connectivity index (χ3v) is 5.47. The van der Waals surface area contributed by atoms with Gasteiger partial charge < -0.3 is 5.32 Å². The van der Waals surface area contributed by atoms with Crippen LogP contribution in [0.1, 0.15) is 4.88 Å². The van der Waals surface area contributed by atoms with Gasteiger partial charge in [0.15, 0.2) is 0 Å². The molecule has 0 aliphatic heterocycles. The van der Waals surface area contributed by atoms with Crippen molar-refractivity contribution in [1.82, 2.24) is 5.32 Å². The van der Waals surface area contributed by atoms with Crippen LogP contribution in [0.5, 0.6) is 0 Å². The topological polar surface area (TPSA) is 58.2 Å². The van der Waals surface area contributed by atoms with Gasteiger partial charge in [-0.05, 0) is 42.8 Å². The van der Waals surface area contributed by atoms with Gasteiger partial charge in [0, 0.05) is 21.6 Å². The molecule has 4 nitrogen and oxygen atoms in total. The van der Waals surface area contributed by atoms with Crippen molar-refractivity contribution >= 4 is 43.0 Å². The molecule has 0 aliphatic rings. The first-order valence-corrected chi connectivity index (χ1v) is 8.68. The van der Waals surface area contributed by atoms with Gasteiger partial charge in [0.25, 0.3) is 10.0 Å². The van der Waals surface area contributed by atoms with Crippen LogP contribution >= 0.6 is 27.3 Å². The van der Waals surface area contributed by atoms with Crippen LogP contribution in [0.3, 0.4) is 0 Å². The van der Waals surface area contributed by atoms with Crippen LogP contribution < -0.4 is 10.0 Å². The van der Waals surface area contributed by atoms with Crippen molar-refractivity contribution in [2.75, 3.05) is 11.8 Å². The lowest BCUT2D eigenvalue weighted by atomic mass is 10.3. The highest BCUT2D eigenvalue weighted by molar-refractivity contribution is 9.10. The molecule has 7 heteroatoms. The number of sulfonamides is 1. The minimum absolute atomic E-state index is 0.328. The molecule has 0 amide bonds. The summed E-state index contributed by atoms with van der Waals surface area (Å²) in [5.74, 6) is 0. The average molecular weight is 361 g/mol. The molecule has 1 aromatic carbocycles. The van der Waals surface area contributed by atoms with E-state index in [1.165, 1.54) is 11.3 Å². The van der Waals surface area contributed by atoms with Crippen LogP contribution in [-0.4, -0.2) is 15.5 Å². The molecule has 1 aromatic heterocycles. The van der Waals surface area contributed by atoms with Crippen molar-refractivity contribution in [2.24, 2.45) is 0 Å². The molecule has 0 saturated carbocycles. The predicted octanol–water partition coefficient (Wildman–Crippen LogP) is 3.03. The Morgan fingerprint density at radius 2 is 1.89 bits per heavy atom. The van der Waals surface area contributed by atoms with Crippen molar-refractivity contribution in [3.8, 4) is 0 Å². The van der Waals surface area contributed by atoms with E-state index >= 15 is 0 Å². The van der Waals surface area contributed by atoms with Crippen LogP contribution in [0.25, 0.3) is 0 Å². The molecule has 0 fully saturated rings. The standard InChI is InChI=1S/C12H13BrN2O2S2/c1-14-8-11-12(6-7-18-11)19(16,17)15-10-4-2-9(13)3-5-10/h2-7,14-15H,8H2,1H3. The second-order valence-corrected chi connectivity index (χ2v) is 7.42. The van der Waals surface area contributed by atoms with Gasteiger partial charge in [0.1, 0.15) is 4.90 Å². The summed E-state index contributed by atoms with van der Waals surface area (Å²) in [7, 11) is -1.74. The summed E-state index contributed by atoms with van der Waals surface area (Å²) in [6, 6.07) is 8.63. The number of thiophene rings is 1. The van der Waals surface area contributed by atoms with Crippen molar-refractivity contribution in [3.05, 3.63) is 45.1 Å². The maximum atomic E-state index is 12.3. The molecule has 19 heavy (non-hydrogen) atoms. The zero-order valence-electron chi connectivity index (χ0n) is 10.2. The van der Waals surface area contributed by atoms with Gasteiger partial charge in [-0.25, -0.2) is 8.42 Å². The summed E-state index contributed by atoms with van der Waals surface area (Å²) in [5.41, 5.74) is 0.546. The van der Waals surface area contributed by atoms with Crippen molar-refractivity contribution < 1.29 is 8.42 Å². The van der Waals surface area contributed by atoms with Gasteiger partial charge in [-0.1, -0.05) is 15.9 Å². The van der Waals surface area contributed by atoms with E-state index in [-0.39, 0.29) is 0 Å². The van der Waals surface area contributed by atoms with Crippen LogP contribution in [0, 0.1) is 0 Å². The Kier molecular flexibility index (Phi) is 4.62. The van der Waals surface area contributed by atoms with E-state index in [1.807, 2.05) is 0 Å². The fourth-order valence-electron chi connectivity index (χ4n) is 1.59. The lowest BCUT2D eigenvalue weighted by molar-refractivity contribution is 0.600. The molecule has 0 saturated heterocycles. The number of hydrogen-bond donors (Lipinski definition) is 2. The minimum Gasteiger partial charge on any atom is -0.315 e. The molecule has 102 valence electrons. The second kappa shape index (κ2) is 6.04. The van der Waals surface area contributed by atoms with Crippen LogP contribution in [0.4, 0.5) is 5.69 Å². The molecule has 1 heterocycles. The van der Waals surface area contributed by atoms with Gasteiger partial charge >= 0.3 is 0 Å². The molecule has 2 N–H and O–H groups in total. The fraction of sp³-hybridized carbons (Fsp3) is 0.167. The number of benzene rings is 1. The maximum Gasteiger partial charge on any atom is 0.263 e. The first kappa shape index (κ1) is 14.5. The Bertz CT molecular complexity index is 651. The number of hydrogen-bond acceptors (Lipinski definition) is 4. The summed E-state index contributed by atoms with van der Waals surface area (Å²) in [6.45, 7) is 0.536. The molecular formula is C12H13BrN2O2S2. The molecule has 0 radical (unpaired) electrons. The molecule has 0 bridgehead atoms. The number of rotatable bonds is 5. The van der Waals surface area contributed by atoms with Gasteiger partial charge in [-0.3, -0.25) is 4.72 Å². The molecule has 0 atom stereocenters. The smallest absolute Gasteiger partial charge is 0.263 e. The average Bonchev–Trinajstić information content (AvgIpc) is 2.81. The van der Waals surface area contributed by atoms with E-state index in [1.54, 1.807) is 42.8 Å². The second-order valence-electron chi connectivity index (χ2n) is 3.85. The molecule has 0 aliphatic carbocycles. The third kappa shape index (κ3) is 3.56. The maximum absolute atomic E-state index is 12.3. The van der Waals surface area contributed by atoms with E-state index in [2.05, 4.69) is 26.0 Å². The van der Waals surface area contributed by atoms with Gasteiger partial charge in [-0.15, -0.1) is 11.3 Å². The zero-order chi connectivity index (χ0) is 13.9. The largest absolute Gasteiger partial charge is 0.315 e. The van der Waals surface area contributed by atoms with Gasteiger partial charge in [0.05, 0.1) is 0 Å². The first-order chi connectivity index (χ1) is 9.03. The summed E-state index contributed by atoms with van der Waals surface area (Å²) >= 11 is 4.74. The van der Waals surface area contributed by atoms with E-state index in [0.29, 0.717) is 17.1 Å². The zero-order valence-corrected chi connectivity index (χ0v) is 13.4. The predicted molar refractivity (Wildman–Crippen MR) is 82.0 cm³/mol. The Balaban J connectivity index is 2.27. The van der Waals surface area contributed by atoms with E-state index in [9.17, 15) is 8.42 Å². The third-order valence-electron chi connectivity index (χ3n) is 2.43. The fourth-order valence-corrected chi connectivity index (χ4v) is 4.37. The Labute approximate surface area is 125 Å². The SMILES string of the molecule is CNCc1sccc1S(=O)(=O)Nc1ccc(Br)cc1. The highest BCUT2D eigenvalue weighted by Gasteiger charge is 2.19. The highest BCUT2D eigenvalue weighted by atomic mass is 79.9. The monoisotopic (exact) mass is 360 g/mol. The number of nitrogens with one attached hydrogen (secondary N) is 2. The Morgan fingerprint density at radius 1 is 1.21 bits per heavy atom. The van der Waals surface area contributed by atoms with Gasteiger partial charge in [0.2, 0.25) is 0 Å². The Morgan fingerprint density at radius 3 is 2.53 bits per heavy atom. The van der Waals surface area contributed by atoms with Crippen molar-refractivity contribution in [1.29, 1.82) is 0 Å². The van der Waals surface area contributed by atoms with Gasteiger partial charge in [-0.2, -0.15) is 0 Å². The van der Waals surface area contributed by atoms with E-state index in [0.717, 1.165) is 9.35 Å². The molecule has 2 aromatic rings. The highest BCUT2D eigenvalue weighted by Crippen LogP contribution is 2.24. The number of halogens is 1. The quantitative estimate of drug-likeness (QED) is 0.861. The number of anilines is 1. The summed E-state index contributed by atoms with van der Waals surface area (Å²) in [6.07, 6.45) is 0. The van der Waals surface area contributed by atoms with Crippen LogP contribution in [-0.2, 0) is 16.6 Å². The molecule has 0 spiro atoms. The normalized spacial score (nSPS) is 11.5. The summed E-state index contributed by atoms with van der Waals surface area (Å²) in [5, 5.41) is 4.75. The van der Waals surface area contributed by atoms with E-state index in [4.69, 9.17) is 0 Å². The van der Waals surface area contributed by atoms with E-state index < -0.39 is 10.0 Å². The molecule has 0 unspecified atom stereocenters. The minimum atomic E-state index is -3.53. The summed E-state index contributed by atoms with van der Waals surface area (Å²) in [4.78, 5) is 1.13. The Hall–Kier alpha value is -0.890.